The zero-order valence-corrected chi connectivity index (χ0v) is 11.8. The fourth-order valence-electron chi connectivity index (χ4n) is 2.02. The number of nitrogens with zero attached hydrogens (tertiary/aromatic N) is 2. The molecule has 0 N–H and O–H groups in total. The van der Waals surface area contributed by atoms with Crippen LogP contribution in [0.25, 0.3) is 20.7 Å². The molecule has 19 heavy (non-hydrogen) atoms. The van der Waals surface area contributed by atoms with E-state index in [2.05, 4.69) is 10.9 Å². The lowest BCUT2D eigenvalue weighted by molar-refractivity contribution is 0.743. The normalized spacial score (nSPS) is 10.7. The number of fused-ring (bicyclic) bond motifs is 1. The molecule has 3 nitrogen and oxygen atoms in total. The van der Waals surface area contributed by atoms with Crippen LogP contribution in [-0.4, -0.2) is 9.55 Å². The van der Waals surface area contributed by atoms with Gasteiger partial charge in [0.2, 0.25) is 0 Å². The molecular weight excluding hydrogens is 276 g/mol. The number of hydrogen-bond donors (Lipinski definition) is 0. The van der Waals surface area contributed by atoms with Crippen LogP contribution in [0.5, 0.6) is 0 Å². The van der Waals surface area contributed by atoms with E-state index in [4.69, 9.17) is 6.42 Å². The Morgan fingerprint density at radius 1 is 1.47 bits per heavy atom. The Hall–Kier alpha value is -1.90. The Balaban J connectivity index is 2.37. The van der Waals surface area contributed by atoms with Crippen LogP contribution in [0.2, 0.25) is 0 Å². The molecular formula is C14H10N2OS2. The van der Waals surface area contributed by atoms with Crippen molar-refractivity contribution in [3.05, 3.63) is 39.1 Å². The molecule has 3 heterocycles. The average Bonchev–Trinajstić information content (AvgIpc) is 3.02. The number of terminal acetylenes is 1. The summed E-state index contributed by atoms with van der Waals surface area (Å²) in [5.41, 5.74) is 0.906. The van der Waals surface area contributed by atoms with E-state index in [1.807, 2.05) is 29.8 Å². The molecule has 0 spiro atoms. The van der Waals surface area contributed by atoms with E-state index in [1.165, 1.54) is 11.3 Å². The highest BCUT2D eigenvalue weighted by atomic mass is 32.1. The maximum Gasteiger partial charge on any atom is 0.263 e. The Morgan fingerprint density at radius 2 is 2.32 bits per heavy atom. The Bertz CT molecular complexity index is 835. The van der Waals surface area contributed by atoms with Crippen LogP contribution in [0.1, 0.15) is 5.82 Å². The first-order valence-corrected chi connectivity index (χ1v) is 7.44. The van der Waals surface area contributed by atoms with Gasteiger partial charge in [-0.25, -0.2) is 4.98 Å². The first kappa shape index (κ1) is 12.2. The largest absolute Gasteiger partial charge is 0.284 e. The van der Waals surface area contributed by atoms with Crippen LogP contribution in [0.4, 0.5) is 0 Å². The second kappa shape index (κ2) is 4.65. The van der Waals surface area contributed by atoms with Gasteiger partial charge in [0.25, 0.3) is 5.56 Å². The molecule has 0 unspecified atom stereocenters. The number of aromatic nitrogens is 2. The van der Waals surface area contributed by atoms with Crippen LogP contribution < -0.4 is 5.56 Å². The first-order valence-electron chi connectivity index (χ1n) is 5.68. The van der Waals surface area contributed by atoms with Gasteiger partial charge < -0.3 is 0 Å². The monoisotopic (exact) mass is 286 g/mol. The molecule has 0 atom stereocenters. The van der Waals surface area contributed by atoms with E-state index in [0.717, 1.165) is 15.3 Å². The minimum atomic E-state index is -0.0508. The third-order valence-electron chi connectivity index (χ3n) is 2.92. The smallest absolute Gasteiger partial charge is 0.263 e. The van der Waals surface area contributed by atoms with E-state index in [0.29, 0.717) is 11.2 Å². The van der Waals surface area contributed by atoms with Crippen LogP contribution in [-0.2, 0) is 6.54 Å². The van der Waals surface area contributed by atoms with Crippen molar-refractivity contribution < 1.29 is 0 Å². The Kier molecular flexibility index (Phi) is 2.97. The lowest BCUT2D eigenvalue weighted by atomic mass is 10.2. The van der Waals surface area contributed by atoms with Crippen molar-refractivity contribution in [2.24, 2.45) is 0 Å². The van der Waals surface area contributed by atoms with Gasteiger partial charge in [-0.3, -0.25) is 9.36 Å². The van der Waals surface area contributed by atoms with E-state index in [1.54, 1.807) is 15.9 Å². The zero-order valence-electron chi connectivity index (χ0n) is 10.2. The lowest BCUT2D eigenvalue weighted by Gasteiger charge is -2.05. The molecule has 94 valence electrons. The summed E-state index contributed by atoms with van der Waals surface area (Å²) in [6.07, 6.45) is 5.32. The molecule has 3 aromatic heterocycles. The molecule has 0 bridgehead atoms. The average molecular weight is 286 g/mol. The van der Waals surface area contributed by atoms with Crippen molar-refractivity contribution in [2.45, 2.75) is 13.5 Å². The summed E-state index contributed by atoms with van der Waals surface area (Å²) in [6, 6.07) is 3.99. The topological polar surface area (TPSA) is 34.9 Å². The van der Waals surface area contributed by atoms with E-state index < -0.39 is 0 Å². The van der Waals surface area contributed by atoms with Crippen molar-refractivity contribution >= 4 is 32.9 Å². The molecule has 0 amide bonds. The quantitative estimate of drug-likeness (QED) is 0.678. The van der Waals surface area contributed by atoms with Gasteiger partial charge >= 0.3 is 0 Å². The first-order chi connectivity index (χ1) is 9.22. The highest BCUT2D eigenvalue weighted by Crippen LogP contribution is 2.33. The van der Waals surface area contributed by atoms with Crippen LogP contribution >= 0.6 is 22.7 Å². The molecule has 0 saturated carbocycles. The molecule has 0 aliphatic carbocycles. The summed E-state index contributed by atoms with van der Waals surface area (Å²) in [5, 5.41) is 4.67. The molecule has 0 aliphatic heterocycles. The van der Waals surface area contributed by atoms with Crippen molar-refractivity contribution in [2.75, 3.05) is 0 Å². The van der Waals surface area contributed by atoms with Gasteiger partial charge in [0.1, 0.15) is 10.7 Å². The third-order valence-corrected chi connectivity index (χ3v) is 4.70. The summed E-state index contributed by atoms with van der Waals surface area (Å²) in [7, 11) is 0. The summed E-state index contributed by atoms with van der Waals surface area (Å²) >= 11 is 3.12. The Labute approximate surface area is 118 Å². The van der Waals surface area contributed by atoms with Gasteiger partial charge in [0, 0.05) is 15.8 Å². The summed E-state index contributed by atoms with van der Waals surface area (Å²) < 4.78 is 1.55. The summed E-state index contributed by atoms with van der Waals surface area (Å²) in [6.45, 7) is 2.07. The van der Waals surface area contributed by atoms with Crippen molar-refractivity contribution in [1.82, 2.24) is 9.55 Å². The van der Waals surface area contributed by atoms with Gasteiger partial charge in [-0.15, -0.1) is 29.1 Å². The molecule has 5 heteroatoms. The van der Waals surface area contributed by atoms with Crippen LogP contribution in [0.15, 0.2) is 27.7 Å². The van der Waals surface area contributed by atoms with Gasteiger partial charge in [-0.1, -0.05) is 12.0 Å². The highest BCUT2D eigenvalue weighted by Gasteiger charge is 2.15. The fraction of sp³-hybridized carbons (Fsp3) is 0.143. The molecule has 3 rings (SSSR count). The molecule has 0 aromatic carbocycles. The summed E-state index contributed by atoms with van der Waals surface area (Å²) in [4.78, 5) is 18.9. The highest BCUT2D eigenvalue weighted by molar-refractivity contribution is 7.18. The lowest BCUT2D eigenvalue weighted by Crippen LogP contribution is -2.23. The molecule has 3 aromatic rings. The van der Waals surface area contributed by atoms with E-state index in [-0.39, 0.29) is 12.1 Å². The zero-order chi connectivity index (χ0) is 13.4. The predicted octanol–water partition coefficient (Wildman–Crippen LogP) is 3.13. The third kappa shape index (κ3) is 1.89. The SMILES string of the molecule is C#CCn1c(C)nc2scc(-c3cccs3)c2c1=O. The number of thiophene rings is 2. The fourth-order valence-corrected chi connectivity index (χ4v) is 3.81. The molecule has 0 aliphatic rings. The van der Waals surface area contributed by atoms with Crippen molar-refractivity contribution in [3.63, 3.8) is 0 Å². The molecule has 0 fully saturated rings. The predicted molar refractivity (Wildman–Crippen MR) is 80.8 cm³/mol. The van der Waals surface area contributed by atoms with Gasteiger partial charge in [-0.05, 0) is 18.4 Å². The molecule has 0 saturated heterocycles. The van der Waals surface area contributed by atoms with Gasteiger partial charge in [0.15, 0.2) is 0 Å². The second-order valence-electron chi connectivity index (χ2n) is 4.06. The minimum Gasteiger partial charge on any atom is -0.284 e. The number of aryl methyl sites for hydroxylation is 1. The maximum atomic E-state index is 12.6. The maximum absolute atomic E-state index is 12.6. The minimum absolute atomic E-state index is 0.0508. The molecule has 0 radical (unpaired) electrons. The van der Waals surface area contributed by atoms with Gasteiger partial charge in [-0.2, -0.15) is 0 Å². The van der Waals surface area contributed by atoms with Crippen molar-refractivity contribution in [1.29, 1.82) is 0 Å². The number of hydrogen-bond acceptors (Lipinski definition) is 4. The van der Waals surface area contributed by atoms with E-state index >= 15 is 0 Å². The van der Waals surface area contributed by atoms with Crippen LogP contribution in [0.3, 0.4) is 0 Å². The summed E-state index contributed by atoms with van der Waals surface area (Å²) in [5.74, 6) is 3.17. The van der Waals surface area contributed by atoms with Gasteiger partial charge in [0.05, 0.1) is 11.9 Å². The Morgan fingerprint density at radius 3 is 3.00 bits per heavy atom. The van der Waals surface area contributed by atoms with E-state index in [9.17, 15) is 4.79 Å². The standard InChI is InChI=1S/C14H10N2OS2/c1-3-6-16-9(2)15-13-12(14(16)17)10(8-19-13)11-5-4-7-18-11/h1,4-5,7-8H,6H2,2H3. The number of rotatable bonds is 2. The second-order valence-corrected chi connectivity index (χ2v) is 5.87. The van der Waals surface area contributed by atoms with Crippen molar-refractivity contribution in [3.8, 4) is 22.8 Å². The van der Waals surface area contributed by atoms with Crippen LogP contribution in [0, 0.1) is 19.3 Å².